The minimum Gasteiger partial charge on any atom is -0.444 e. The molecule has 5 nitrogen and oxygen atoms in total. The molecule has 1 unspecified atom stereocenters. The highest BCUT2D eigenvalue weighted by Crippen LogP contribution is 2.45. The average Bonchev–Trinajstić information content (AvgIpc) is 3.08. The molecule has 25 heavy (non-hydrogen) atoms. The first-order chi connectivity index (χ1) is 11.8. The molecule has 1 N–H and O–H groups in total. The summed E-state index contributed by atoms with van der Waals surface area (Å²) >= 11 is 0. The quantitative estimate of drug-likeness (QED) is 0.836. The molecule has 0 spiro atoms. The summed E-state index contributed by atoms with van der Waals surface area (Å²) in [5.74, 6) is -0.139. The van der Waals surface area contributed by atoms with Gasteiger partial charge in [0.25, 0.3) is 0 Å². The number of nitrogens with one attached hydrogen (secondary N) is 1. The molecule has 3 atom stereocenters. The lowest BCUT2D eigenvalue weighted by Gasteiger charge is -2.39. The first-order valence-electron chi connectivity index (χ1n) is 8.96. The standard InChI is InChI=1S/C19H24FN3O2/c1-19(2,3)25-18(24)23-12-4-5-13(23)9-11(8-12)16-14-6-7-21-17(14)22-10-15(16)20/h6-7,10-13H,4-5,8-9H2,1-3H3,(H,21,22)/t11?,12-,13+. The summed E-state index contributed by atoms with van der Waals surface area (Å²) in [5.41, 5.74) is 0.965. The molecule has 2 fully saturated rings. The number of ether oxygens (including phenoxy) is 1. The van der Waals surface area contributed by atoms with Crippen LogP contribution in [0.2, 0.25) is 0 Å². The van der Waals surface area contributed by atoms with E-state index in [1.807, 2.05) is 31.7 Å². The van der Waals surface area contributed by atoms with E-state index in [1.165, 1.54) is 6.20 Å². The summed E-state index contributed by atoms with van der Waals surface area (Å²) in [7, 11) is 0. The lowest BCUT2D eigenvalue weighted by Crippen LogP contribution is -2.48. The first-order valence-corrected chi connectivity index (χ1v) is 8.96. The van der Waals surface area contributed by atoms with Crippen molar-refractivity contribution in [3.05, 3.63) is 29.8 Å². The molecule has 4 heterocycles. The van der Waals surface area contributed by atoms with Crippen LogP contribution >= 0.6 is 0 Å². The fraction of sp³-hybridized carbons (Fsp3) is 0.579. The minimum absolute atomic E-state index is 0.109. The number of carbonyl (C=O) groups is 1. The van der Waals surface area contributed by atoms with Crippen LogP contribution in [-0.2, 0) is 4.74 Å². The van der Waals surface area contributed by atoms with E-state index < -0.39 is 5.60 Å². The second kappa shape index (κ2) is 5.71. The van der Waals surface area contributed by atoms with Crippen LogP contribution in [0.15, 0.2) is 18.5 Å². The highest BCUT2D eigenvalue weighted by Gasteiger charge is 2.45. The van der Waals surface area contributed by atoms with Gasteiger partial charge in [0.15, 0.2) is 0 Å². The normalized spacial score (nSPS) is 26.2. The van der Waals surface area contributed by atoms with Crippen LogP contribution in [0.25, 0.3) is 11.0 Å². The molecule has 0 saturated carbocycles. The number of pyridine rings is 1. The topological polar surface area (TPSA) is 58.2 Å². The Labute approximate surface area is 146 Å². The van der Waals surface area contributed by atoms with Gasteiger partial charge in [-0.3, -0.25) is 0 Å². The maximum Gasteiger partial charge on any atom is 0.410 e. The number of rotatable bonds is 1. The van der Waals surface area contributed by atoms with Crippen molar-refractivity contribution in [1.82, 2.24) is 14.9 Å². The van der Waals surface area contributed by atoms with Crippen LogP contribution in [0.4, 0.5) is 9.18 Å². The number of nitrogens with zero attached hydrogens (tertiary/aromatic N) is 2. The molecular formula is C19H24FN3O2. The summed E-state index contributed by atoms with van der Waals surface area (Å²) in [6, 6.07) is 2.14. The van der Waals surface area contributed by atoms with Crippen LogP contribution < -0.4 is 0 Å². The van der Waals surface area contributed by atoms with Gasteiger partial charge >= 0.3 is 6.09 Å². The summed E-state index contributed by atoms with van der Waals surface area (Å²) in [6.45, 7) is 5.65. The van der Waals surface area contributed by atoms with Crippen molar-refractivity contribution in [3.63, 3.8) is 0 Å². The van der Waals surface area contributed by atoms with E-state index in [-0.39, 0.29) is 29.9 Å². The van der Waals surface area contributed by atoms with Gasteiger partial charge in [0.1, 0.15) is 17.1 Å². The third-order valence-electron chi connectivity index (χ3n) is 5.33. The van der Waals surface area contributed by atoms with Gasteiger partial charge in [-0.1, -0.05) is 0 Å². The first kappa shape index (κ1) is 16.4. The van der Waals surface area contributed by atoms with Crippen LogP contribution in [0.3, 0.4) is 0 Å². The average molecular weight is 345 g/mol. The smallest absolute Gasteiger partial charge is 0.410 e. The number of piperidine rings is 1. The Morgan fingerprint density at radius 1 is 1.32 bits per heavy atom. The minimum atomic E-state index is -0.498. The Morgan fingerprint density at radius 2 is 2.00 bits per heavy atom. The van der Waals surface area contributed by atoms with Crippen LogP contribution in [-0.4, -0.2) is 38.6 Å². The maximum absolute atomic E-state index is 14.6. The number of halogens is 1. The zero-order valence-corrected chi connectivity index (χ0v) is 14.9. The molecular weight excluding hydrogens is 321 g/mol. The molecule has 134 valence electrons. The van der Waals surface area contributed by atoms with Crippen molar-refractivity contribution in [2.45, 2.75) is 70.1 Å². The number of aromatic nitrogens is 2. The van der Waals surface area contributed by atoms with E-state index in [9.17, 15) is 9.18 Å². The van der Waals surface area contributed by atoms with E-state index in [2.05, 4.69) is 9.97 Å². The Kier molecular flexibility index (Phi) is 3.74. The molecule has 2 saturated heterocycles. The molecule has 2 aromatic rings. The number of hydrogen-bond acceptors (Lipinski definition) is 3. The Morgan fingerprint density at radius 3 is 2.64 bits per heavy atom. The van der Waals surface area contributed by atoms with Gasteiger partial charge < -0.3 is 14.6 Å². The number of H-pyrrole nitrogens is 1. The second-order valence-electron chi connectivity index (χ2n) is 8.20. The van der Waals surface area contributed by atoms with Crippen molar-refractivity contribution in [3.8, 4) is 0 Å². The van der Waals surface area contributed by atoms with Crippen molar-refractivity contribution in [1.29, 1.82) is 0 Å². The third kappa shape index (κ3) is 2.87. The largest absolute Gasteiger partial charge is 0.444 e. The molecule has 0 aliphatic carbocycles. The summed E-state index contributed by atoms with van der Waals surface area (Å²) < 4.78 is 20.1. The van der Waals surface area contributed by atoms with Crippen LogP contribution in [0, 0.1) is 5.82 Å². The highest BCUT2D eigenvalue weighted by molar-refractivity contribution is 5.80. The SMILES string of the molecule is CC(C)(C)OC(=O)N1[C@@H]2CC[C@H]1CC(c1c(F)cnc3[nH]ccc13)C2. The van der Waals surface area contributed by atoms with Gasteiger partial charge in [-0.25, -0.2) is 14.2 Å². The van der Waals surface area contributed by atoms with E-state index in [0.29, 0.717) is 0 Å². The summed E-state index contributed by atoms with van der Waals surface area (Å²) in [4.78, 5) is 21.6. The van der Waals surface area contributed by atoms with E-state index in [1.54, 1.807) is 6.20 Å². The van der Waals surface area contributed by atoms with Gasteiger partial charge in [0.2, 0.25) is 0 Å². The molecule has 2 aromatic heterocycles. The predicted molar refractivity (Wildman–Crippen MR) is 92.9 cm³/mol. The number of fused-ring (bicyclic) bond motifs is 3. The van der Waals surface area contributed by atoms with Gasteiger partial charge in [-0.2, -0.15) is 0 Å². The lowest BCUT2D eigenvalue weighted by atomic mass is 9.84. The fourth-order valence-corrected chi connectivity index (χ4v) is 4.44. The molecule has 4 rings (SSSR count). The molecule has 0 radical (unpaired) electrons. The maximum atomic E-state index is 14.6. The highest BCUT2D eigenvalue weighted by atomic mass is 19.1. The fourth-order valence-electron chi connectivity index (χ4n) is 4.44. The van der Waals surface area contributed by atoms with Crippen LogP contribution in [0.1, 0.15) is 57.9 Å². The zero-order chi connectivity index (χ0) is 17.8. The van der Waals surface area contributed by atoms with Crippen molar-refractivity contribution in [2.75, 3.05) is 0 Å². The van der Waals surface area contributed by atoms with E-state index in [0.717, 1.165) is 42.3 Å². The monoisotopic (exact) mass is 345 g/mol. The van der Waals surface area contributed by atoms with Crippen molar-refractivity contribution >= 4 is 17.1 Å². The van der Waals surface area contributed by atoms with Crippen LogP contribution in [0.5, 0.6) is 0 Å². The number of amides is 1. The zero-order valence-electron chi connectivity index (χ0n) is 14.9. The van der Waals surface area contributed by atoms with E-state index >= 15 is 0 Å². The second-order valence-corrected chi connectivity index (χ2v) is 8.20. The molecule has 2 bridgehead atoms. The van der Waals surface area contributed by atoms with Gasteiger partial charge in [-0.15, -0.1) is 0 Å². The Bertz CT molecular complexity index is 797. The molecule has 2 aliphatic rings. The lowest BCUT2D eigenvalue weighted by molar-refractivity contribution is 0.00580. The van der Waals surface area contributed by atoms with Gasteiger partial charge in [0.05, 0.1) is 6.20 Å². The number of hydrogen-bond donors (Lipinski definition) is 1. The Balaban J connectivity index is 1.60. The Hall–Kier alpha value is -2.11. The van der Waals surface area contributed by atoms with Crippen molar-refractivity contribution < 1.29 is 13.9 Å². The molecule has 6 heteroatoms. The number of aromatic amines is 1. The third-order valence-corrected chi connectivity index (χ3v) is 5.33. The van der Waals surface area contributed by atoms with Gasteiger partial charge in [0, 0.05) is 29.2 Å². The van der Waals surface area contributed by atoms with Crippen molar-refractivity contribution in [2.24, 2.45) is 0 Å². The molecule has 1 amide bonds. The molecule has 2 aliphatic heterocycles. The van der Waals surface area contributed by atoms with E-state index in [4.69, 9.17) is 4.74 Å². The van der Waals surface area contributed by atoms with Gasteiger partial charge in [-0.05, 0) is 58.4 Å². The number of carbonyl (C=O) groups excluding carboxylic acids is 1. The predicted octanol–water partition coefficient (Wildman–Crippen LogP) is 4.35. The summed E-state index contributed by atoms with van der Waals surface area (Å²) in [6.07, 6.45) is 6.34. The summed E-state index contributed by atoms with van der Waals surface area (Å²) in [5, 5.41) is 0.857. The molecule has 0 aromatic carbocycles.